The Hall–Kier alpha value is -5.64. The summed E-state index contributed by atoms with van der Waals surface area (Å²) >= 11 is 12.0. The van der Waals surface area contributed by atoms with Gasteiger partial charge in [-0.2, -0.15) is 0 Å². The van der Waals surface area contributed by atoms with Gasteiger partial charge in [0.05, 0.1) is 30.5 Å². The zero-order valence-corrected chi connectivity index (χ0v) is 39.0. The van der Waals surface area contributed by atoms with Crippen molar-refractivity contribution in [2.24, 2.45) is 11.8 Å². The highest BCUT2D eigenvalue weighted by Crippen LogP contribution is 2.29. The Kier molecular flexibility index (Phi) is 19.4. The predicted octanol–water partition coefficient (Wildman–Crippen LogP) is 3.28. The summed E-state index contributed by atoms with van der Waals surface area (Å²) in [7, 11) is -4.61. The molecular weight excluding hydrogens is 929 g/mol. The fraction of sp³-hybridized carbons (Fsp3) is 0.465. The van der Waals surface area contributed by atoms with Gasteiger partial charge >= 0.3 is 0 Å². The maximum atomic E-state index is 14.6. The fourth-order valence-electron chi connectivity index (χ4n) is 6.83. The number of nitrogens with zero attached hydrogens (tertiary/aromatic N) is 3. The molecule has 1 aromatic heterocycles. The van der Waals surface area contributed by atoms with E-state index in [1.165, 1.54) is 25.5 Å². The summed E-state index contributed by atoms with van der Waals surface area (Å²) < 4.78 is 61.4. The average Bonchev–Trinajstić information content (AvgIpc) is 3.71. The summed E-state index contributed by atoms with van der Waals surface area (Å²) in [6, 6.07) is 5.12. The molecule has 0 bridgehead atoms. The first-order valence-corrected chi connectivity index (χ1v) is 23.1. The number of rotatable bonds is 22. The Morgan fingerprint density at radius 3 is 2.24 bits per heavy atom. The standard InChI is InChI=1S/C43H52Cl2F2N8O10S/c1-6-24(4)37(53-39(58)31(14-23(2)3)52-40(59)32-19-48-12-13-49-32)43(62)55-21-27(65-22-26-10-8-7-9-11-26)16-33(55)41(60)51-30(18-35(46)47)38(57)42(61)50-20-36(56)54-66(63,64)34-15-25(5)28(44)17-29(34)45/h7-13,15,17,19,23-24,27,30-31,33,35,37H,6,14,16,18,20-22H2,1-5H3,(H,50,61)(H,51,60)(H,52,59)(H,53,58)(H,54,56). The van der Waals surface area contributed by atoms with Gasteiger partial charge in [0, 0.05) is 36.8 Å². The molecule has 1 saturated heterocycles. The van der Waals surface area contributed by atoms with Crippen molar-refractivity contribution in [3.05, 3.63) is 87.9 Å². The van der Waals surface area contributed by atoms with E-state index in [4.69, 9.17) is 27.9 Å². The second-order valence-electron chi connectivity index (χ2n) is 16.1. The van der Waals surface area contributed by atoms with Crippen LogP contribution < -0.4 is 26.0 Å². The molecule has 6 atom stereocenters. The third-order valence-corrected chi connectivity index (χ3v) is 12.8. The van der Waals surface area contributed by atoms with Crippen LogP contribution in [0.4, 0.5) is 8.78 Å². The van der Waals surface area contributed by atoms with Crippen LogP contribution >= 0.6 is 23.2 Å². The van der Waals surface area contributed by atoms with E-state index in [0.29, 0.717) is 12.0 Å². The molecule has 23 heteroatoms. The number of amides is 6. The highest BCUT2D eigenvalue weighted by Gasteiger charge is 2.45. The molecule has 66 heavy (non-hydrogen) atoms. The largest absolute Gasteiger partial charge is 0.372 e. The van der Waals surface area contributed by atoms with Crippen molar-refractivity contribution in [3.8, 4) is 0 Å². The van der Waals surface area contributed by atoms with Crippen LogP contribution in [0.15, 0.2) is 66.0 Å². The van der Waals surface area contributed by atoms with E-state index >= 15 is 0 Å². The molecule has 6 amide bonds. The lowest BCUT2D eigenvalue weighted by atomic mass is 9.96. The first-order chi connectivity index (χ1) is 31.1. The second kappa shape index (κ2) is 24.2. The van der Waals surface area contributed by atoms with E-state index in [1.54, 1.807) is 48.9 Å². The summed E-state index contributed by atoms with van der Waals surface area (Å²) in [5.41, 5.74) is 1.03. The number of benzene rings is 2. The fourth-order valence-corrected chi connectivity index (χ4v) is 8.64. The Balaban J connectivity index is 1.55. The summed E-state index contributed by atoms with van der Waals surface area (Å²) in [6.07, 6.45) is -1.17. The van der Waals surface area contributed by atoms with E-state index in [0.717, 1.165) is 22.6 Å². The van der Waals surface area contributed by atoms with Crippen LogP contribution in [-0.4, -0.2) is 114 Å². The molecule has 18 nitrogen and oxygen atoms in total. The zero-order chi connectivity index (χ0) is 48.9. The van der Waals surface area contributed by atoms with Crippen molar-refractivity contribution in [2.75, 3.05) is 13.1 Å². The Bertz CT molecular complexity index is 2350. The van der Waals surface area contributed by atoms with Crippen LogP contribution in [0.1, 0.15) is 75.0 Å². The first-order valence-electron chi connectivity index (χ1n) is 20.9. The number of ether oxygens (including phenoxy) is 1. The Morgan fingerprint density at radius 1 is 0.924 bits per heavy atom. The number of ketones is 1. The molecule has 0 saturated carbocycles. The average molecular weight is 982 g/mol. The van der Waals surface area contributed by atoms with Crippen LogP contribution in [0.2, 0.25) is 10.0 Å². The van der Waals surface area contributed by atoms with Gasteiger partial charge in [0.2, 0.25) is 29.9 Å². The number of halogens is 4. The maximum Gasteiger partial charge on any atom is 0.290 e. The summed E-state index contributed by atoms with van der Waals surface area (Å²) in [5, 5.41) is 9.28. The first kappa shape index (κ1) is 53.0. The minimum atomic E-state index is -4.61. The molecular formula is C43H52Cl2F2N8O10S. The third-order valence-electron chi connectivity index (χ3n) is 10.5. The number of likely N-dealkylation sites (tertiary alicyclic amines) is 1. The monoisotopic (exact) mass is 980 g/mol. The summed E-state index contributed by atoms with van der Waals surface area (Å²) in [5.74, 6) is -8.45. The SMILES string of the molecule is CCC(C)C(NC(=O)C(CC(C)C)NC(=O)c1cnccn1)C(=O)N1CC(OCc2ccccc2)CC1C(=O)NC(CC(F)F)C(=O)C(=O)NCC(=O)NS(=O)(=O)c1cc(C)c(Cl)cc1Cl. The van der Waals surface area contributed by atoms with Gasteiger partial charge in [-0.05, 0) is 48.4 Å². The summed E-state index contributed by atoms with van der Waals surface area (Å²) in [6.45, 7) is 7.34. The molecule has 1 fully saturated rings. The molecule has 1 aliphatic heterocycles. The van der Waals surface area contributed by atoms with Crippen molar-refractivity contribution in [1.29, 1.82) is 0 Å². The highest BCUT2D eigenvalue weighted by molar-refractivity contribution is 7.90. The van der Waals surface area contributed by atoms with Gasteiger partial charge in [-0.25, -0.2) is 26.9 Å². The van der Waals surface area contributed by atoms with Crippen LogP contribution in [0.5, 0.6) is 0 Å². The van der Waals surface area contributed by atoms with Gasteiger partial charge in [0.1, 0.15) is 34.8 Å². The van der Waals surface area contributed by atoms with Crippen LogP contribution in [0.25, 0.3) is 0 Å². The number of alkyl halides is 2. The van der Waals surface area contributed by atoms with Crippen LogP contribution in [0.3, 0.4) is 0 Å². The number of aromatic nitrogens is 2. The van der Waals surface area contributed by atoms with Crippen LogP contribution in [0, 0.1) is 18.8 Å². The van der Waals surface area contributed by atoms with E-state index in [2.05, 4.69) is 25.9 Å². The minimum Gasteiger partial charge on any atom is -0.372 e. The van der Waals surface area contributed by atoms with E-state index in [-0.39, 0.29) is 47.7 Å². The molecule has 4 rings (SSSR count). The number of Topliss-reactive ketones (excluding diaryl/α,β-unsaturated/α-hetero) is 1. The quantitative estimate of drug-likeness (QED) is 0.0911. The number of nitrogens with one attached hydrogen (secondary N) is 5. The summed E-state index contributed by atoms with van der Waals surface area (Å²) in [4.78, 5) is 103. The molecule has 6 unspecified atom stereocenters. The molecule has 358 valence electrons. The van der Waals surface area contributed by atoms with Gasteiger partial charge in [0.25, 0.3) is 27.7 Å². The van der Waals surface area contributed by atoms with Crippen molar-refractivity contribution in [2.45, 2.75) is 109 Å². The van der Waals surface area contributed by atoms with Gasteiger partial charge in [0.15, 0.2) is 0 Å². The van der Waals surface area contributed by atoms with Crippen molar-refractivity contribution >= 4 is 74.5 Å². The lowest BCUT2D eigenvalue weighted by molar-refractivity contribution is -0.144. The Labute approximate surface area is 390 Å². The number of aryl methyl sites for hydroxylation is 1. The van der Waals surface area contributed by atoms with Gasteiger partial charge in [-0.15, -0.1) is 0 Å². The Morgan fingerprint density at radius 2 is 1.62 bits per heavy atom. The number of hydrogen-bond donors (Lipinski definition) is 5. The topological polar surface area (TPSA) is 252 Å². The van der Waals surface area contributed by atoms with Gasteiger partial charge in [-0.3, -0.25) is 38.5 Å². The van der Waals surface area contributed by atoms with Crippen molar-refractivity contribution < 1.29 is 55.5 Å². The predicted molar refractivity (Wildman–Crippen MR) is 236 cm³/mol. The number of carbonyl (C=O) groups is 7. The lowest BCUT2D eigenvalue weighted by Gasteiger charge is -2.33. The number of hydrogen-bond acceptors (Lipinski definition) is 12. The molecule has 3 aromatic rings. The molecule has 0 radical (unpaired) electrons. The van der Waals surface area contributed by atoms with Gasteiger partial charge < -0.3 is 30.9 Å². The van der Waals surface area contributed by atoms with Crippen LogP contribution in [-0.2, 0) is 50.1 Å². The maximum absolute atomic E-state index is 14.6. The number of carbonyl (C=O) groups excluding carboxylic acids is 7. The number of sulfonamides is 1. The van der Waals surface area contributed by atoms with Gasteiger partial charge in [-0.1, -0.05) is 87.6 Å². The lowest BCUT2D eigenvalue weighted by Crippen LogP contribution is -2.59. The molecule has 2 aromatic carbocycles. The van der Waals surface area contributed by atoms with E-state index in [1.807, 2.05) is 19.2 Å². The molecule has 0 spiro atoms. The van der Waals surface area contributed by atoms with Crippen molar-refractivity contribution in [1.82, 2.24) is 40.9 Å². The smallest absolute Gasteiger partial charge is 0.290 e. The molecule has 5 N–H and O–H groups in total. The third kappa shape index (κ3) is 14.9. The molecule has 0 aliphatic carbocycles. The highest BCUT2D eigenvalue weighted by atomic mass is 35.5. The zero-order valence-electron chi connectivity index (χ0n) is 36.7. The van der Waals surface area contributed by atoms with Crippen molar-refractivity contribution in [3.63, 3.8) is 0 Å². The normalized spacial score (nSPS) is 16.7. The minimum absolute atomic E-state index is 0.0471. The van der Waals surface area contributed by atoms with E-state index < -0.39 is 112 Å². The molecule has 1 aliphatic rings. The molecule has 2 heterocycles. The second-order valence-corrected chi connectivity index (χ2v) is 18.5. The van der Waals surface area contributed by atoms with E-state index in [9.17, 15) is 50.8 Å².